The van der Waals surface area contributed by atoms with Crippen LogP contribution < -0.4 is 0 Å². The molecule has 0 aromatic rings. The number of hydrogen-bond acceptors (Lipinski definition) is 4. The quantitative estimate of drug-likeness (QED) is 0.770. The summed E-state index contributed by atoms with van der Waals surface area (Å²) in [6, 6.07) is 0. The van der Waals surface area contributed by atoms with Crippen molar-refractivity contribution >= 4 is 5.91 Å². The van der Waals surface area contributed by atoms with Crippen LogP contribution in [0.25, 0.3) is 0 Å². The Bertz CT molecular complexity index is 332. The second kappa shape index (κ2) is 6.41. The van der Waals surface area contributed by atoms with Gasteiger partial charge in [0.1, 0.15) is 0 Å². The molecular weight excluding hydrogens is 254 g/mol. The van der Waals surface area contributed by atoms with Crippen LogP contribution in [0.3, 0.4) is 0 Å². The molecule has 0 bridgehead atoms. The molecule has 2 aliphatic heterocycles. The van der Waals surface area contributed by atoms with Gasteiger partial charge in [0.2, 0.25) is 5.91 Å². The Morgan fingerprint density at radius 3 is 2.20 bits per heavy atom. The van der Waals surface area contributed by atoms with E-state index in [2.05, 4.69) is 9.80 Å². The number of β-amino-alcohol motifs (C(OH)–C–C–N with tert-alkyl or cyclic N) is 1. The first-order valence-corrected chi connectivity index (χ1v) is 8.13. The van der Waals surface area contributed by atoms with Crippen molar-refractivity contribution in [2.24, 2.45) is 5.92 Å². The van der Waals surface area contributed by atoms with Crippen LogP contribution in [-0.4, -0.2) is 84.2 Å². The van der Waals surface area contributed by atoms with Gasteiger partial charge >= 0.3 is 0 Å². The number of carbonyl (C=O) groups is 1. The maximum Gasteiger partial charge on any atom is 0.236 e. The SMILES string of the molecule is O=C(CN1CCN(C[C@H](O)C2CC2)CC1)N1CCCC1. The van der Waals surface area contributed by atoms with Gasteiger partial charge in [0.25, 0.3) is 0 Å². The fourth-order valence-corrected chi connectivity index (χ4v) is 3.28. The molecule has 0 spiro atoms. The van der Waals surface area contributed by atoms with E-state index in [1.165, 1.54) is 25.7 Å². The molecule has 0 aromatic carbocycles. The predicted molar refractivity (Wildman–Crippen MR) is 77.4 cm³/mol. The highest BCUT2D eigenvalue weighted by Crippen LogP contribution is 2.32. The highest BCUT2D eigenvalue weighted by Gasteiger charge is 2.32. The summed E-state index contributed by atoms with van der Waals surface area (Å²) >= 11 is 0. The molecule has 1 N–H and O–H groups in total. The van der Waals surface area contributed by atoms with Crippen LogP contribution in [-0.2, 0) is 4.79 Å². The van der Waals surface area contributed by atoms with E-state index >= 15 is 0 Å². The van der Waals surface area contributed by atoms with Crippen LogP contribution in [0.4, 0.5) is 0 Å². The minimum absolute atomic E-state index is 0.132. The minimum atomic E-state index is -0.132. The van der Waals surface area contributed by atoms with Crippen molar-refractivity contribution in [2.75, 3.05) is 52.4 Å². The maximum atomic E-state index is 12.1. The fraction of sp³-hybridized carbons (Fsp3) is 0.933. The molecule has 20 heavy (non-hydrogen) atoms. The maximum absolute atomic E-state index is 12.1. The van der Waals surface area contributed by atoms with E-state index in [-0.39, 0.29) is 6.10 Å². The van der Waals surface area contributed by atoms with Crippen LogP contribution in [0.1, 0.15) is 25.7 Å². The first-order chi connectivity index (χ1) is 9.72. The molecule has 5 nitrogen and oxygen atoms in total. The highest BCUT2D eigenvalue weighted by molar-refractivity contribution is 5.78. The zero-order valence-corrected chi connectivity index (χ0v) is 12.3. The number of aliphatic hydroxyl groups is 1. The molecule has 3 aliphatic rings. The van der Waals surface area contributed by atoms with Gasteiger partial charge in [-0.25, -0.2) is 0 Å². The molecule has 0 radical (unpaired) electrons. The van der Waals surface area contributed by atoms with Gasteiger partial charge < -0.3 is 10.0 Å². The Labute approximate surface area is 121 Å². The van der Waals surface area contributed by atoms with Crippen molar-refractivity contribution in [2.45, 2.75) is 31.8 Å². The Morgan fingerprint density at radius 1 is 1.00 bits per heavy atom. The summed E-state index contributed by atoms with van der Waals surface area (Å²) in [5.74, 6) is 0.860. The second-order valence-electron chi connectivity index (χ2n) is 6.57. The zero-order chi connectivity index (χ0) is 13.9. The van der Waals surface area contributed by atoms with E-state index in [4.69, 9.17) is 0 Å². The Hall–Kier alpha value is -0.650. The van der Waals surface area contributed by atoms with Crippen molar-refractivity contribution in [1.82, 2.24) is 14.7 Å². The van der Waals surface area contributed by atoms with E-state index in [0.717, 1.165) is 45.8 Å². The summed E-state index contributed by atoms with van der Waals surface area (Å²) in [5, 5.41) is 9.98. The average Bonchev–Trinajstić information content (AvgIpc) is 3.16. The monoisotopic (exact) mass is 281 g/mol. The molecule has 1 amide bonds. The van der Waals surface area contributed by atoms with E-state index in [0.29, 0.717) is 18.4 Å². The van der Waals surface area contributed by atoms with Crippen molar-refractivity contribution < 1.29 is 9.90 Å². The van der Waals surface area contributed by atoms with E-state index in [1.54, 1.807) is 0 Å². The summed E-state index contributed by atoms with van der Waals surface area (Å²) in [6.45, 7) is 7.18. The summed E-state index contributed by atoms with van der Waals surface area (Å²) < 4.78 is 0. The van der Waals surface area contributed by atoms with E-state index in [1.807, 2.05) is 4.90 Å². The Balaban J connectivity index is 1.36. The van der Waals surface area contributed by atoms with Gasteiger partial charge in [-0.1, -0.05) is 0 Å². The van der Waals surface area contributed by atoms with Gasteiger partial charge in [0.15, 0.2) is 0 Å². The van der Waals surface area contributed by atoms with E-state index < -0.39 is 0 Å². The standard InChI is InChI=1S/C15H27N3O2/c19-14(13-3-4-13)11-16-7-9-17(10-8-16)12-15(20)18-5-1-2-6-18/h13-14,19H,1-12H2/t14-/m0/s1. The first-order valence-electron chi connectivity index (χ1n) is 8.13. The summed E-state index contributed by atoms with van der Waals surface area (Å²) in [4.78, 5) is 18.7. The molecule has 3 fully saturated rings. The van der Waals surface area contributed by atoms with Gasteiger partial charge in [-0.2, -0.15) is 0 Å². The van der Waals surface area contributed by atoms with Crippen LogP contribution >= 0.6 is 0 Å². The molecule has 1 aliphatic carbocycles. The number of carbonyl (C=O) groups excluding carboxylic acids is 1. The lowest BCUT2D eigenvalue weighted by Gasteiger charge is -2.35. The van der Waals surface area contributed by atoms with Crippen molar-refractivity contribution in [1.29, 1.82) is 0 Å². The predicted octanol–water partition coefficient (Wildman–Crippen LogP) is -0.00270. The molecule has 2 heterocycles. The Morgan fingerprint density at radius 2 is 1.60 bits per heavy atom. The van der Waals surface area contributed by atoms with Crippen molar-refractivity contribution in [3.05, 3.63) is 0 Å². The molecular formula is C15H27N3O2. The summed E-state index contributed by atoms with van der Waals surface area (Å²) in [7, 11) is 0. The third-order valence-corrected chi connectivity index (χ3v) is 4.89. The van der Waals surface area contributed by atoms with Gasteiger partial charge in [-0.3, -0.25) is 14.6 Å². The molecule has 0 aromatic heterocycles. The molecule has 3 rings (SSSR count). The normalized spacial score (nSPS) is 26.9. The largest absolute Gasteiger partial charge is 0.392 e. The smallest absolute Gasteiger partial charge is 0.236 e. The van der Waals surface area contributed by atoms with Gasteiger partial charge in [0.05, 0.1) is 12.6 Å². The Kier molecular flexibility index (Phi) is 4.58. The fourth-order valence-electron chi connectivity index (χ4n) is 3.28. The average molecular weight is 281 g/mol. The third kappa shape index (κ3) is 3.71. The lowest BCUT2D eigenvalue weighted by atomic mass is 10.2. The lowest BCUT2D eigenvalue weighted by molar-refractivity contribution is -0.131. The number of nitrogens with zero attached hydrogens (tertiary/aromatic N) is 3. The van der Waals surface area contributed by atoms with Gasteiger partial charge in [0, 0.05) is 45.8 Å². The molecule has 5 heteroatoms. The molecule has 2 saturated heterocycles. The van der Waals surface area contributed by atoms with Crippen LogP contribution in [0.2, 0.25) is 0 Å². The zero-order valence-electron chi connectivity index (χ0n) is 12.3. The summed E-state index contributed by atoms with van der Waals surface area (Å²) in [5.41, 5.74) is 0. The molecule has 114 valence electrons. The second-order valence-corrected chi connectivity index (χ2v) is 6.57. The summed E-state index contributed by atoms with van der Waals surface area (Å²) in [6.07, 6.45) is 4.60. The van der Waals surface area contributed by atoms with Crippen molar-refractivity contribution in [3.8, 4) is 0 Å². The van der Waals surface area contributed by atoms with Crippen LogP contribution in [0.5, 0.6) is 0 Å². The van der Waals surface area contributed by atoms with Crippen LogP contribution in [0, 0.1) is 5.92 Å². The molecule has 1 atom stereocenters. The first kappa shape index (κ1) is 14.3. The van der Waals surface area contributed by atoms with Gasteiger partial charge in [-0.15, -0.1) is 0 Å². The van der Waals surface area contributed by atoms with Gasteiger partial charge in [-0.05, 0) is 31.6 Å². The minimum Gasteiger partial charge on any atom is -0.392 e. The third-order valence-electron chi connectivity index (χ3n) is 4.89. The van der Waals surface area contributed by atoms with Crippen molar-refractivity contribution in [3.63, 3.8) is 0 Å². The number of piperazine rings is 1. The number of likely N-dealkylation sites (tertiary alicyclic amines) is 1. The number of rotatable bonds is 5. The highest BCUT2D eigenvalue weighted by atomic mass is 16.3. The lowest BCUT2D eigenvalue weighted by Crippen LogP contribution is -2.51. The number of aliphatic hydroxyl groups excluding tert-OH is 1. The number of amides is 1. The topological polar surface area (TPSA) is 47.0 Å². The van der Waals surface area contributed by atoms with Crippen LogP contribution in [0.15, 0.2) is 0 Å². The van der Waals surface area contributed by atoms with E-state index in [9.17, 15) is 9.90 Å². The molecule has 1 saturated carbocycles. The number of hydrogen-bond donors (Lipinski definition) is 1. The molecule has 0 unspecified atom stereocenters.